The molecule has 2 aromatic rings. The Kier molecular flexibility index (Phi) is 4.91. The van der Waals surface area contributed by atoms with E-state index in [0.29, 0.717) is 12.3 Å². The van der Waals surface area contributed by atoms with Gasteiger partial charge in [-0.05, 0) is 65.4 Å². The molecule has 6 heteroatoms. The van der Waals surface area contributed by atoms with E-state index in [1.54, 1.807) is 24.3 Å². The molecule has 0 saturated carbocycles. The van der Waals surface area contributed by atoms with E-state index in [9.17, 15) is 10.1 Å². The van der Waals surface area contributed by atoms with Gasteiger partial charge in [-0.2, -0.15) is 0 Å². The van der Waals surface area contributed by atoms with Gasteiger partial charge < -0.3 is 10.5 Å². The Morgan fingerprint density at radius 3 is 2.50 bits per heavy atom. The van der Waals surface area contributed by atoms with Gasteiger partial charge in [-0.25, -0.2) is 0 Å². The smallest absolute Gasteiger partial charge is 0.312 e. The highest BCUT2D eigenvalue weighted by atomic mass is 127. The number of nitro benzene ring substituents is 1. The summed E-state index contributed by atoms with van der Waals surface area (Å²) in [5, 5.41) is 11.0. The fraction of sp³-hybridized carbons (Fsp3) is 0.143. The molecule has 2 rings (SSSR count). The first-order valence-corrected chi connectivity index (χ1v) is 7.09. The third-order valence-corrected chi connectivity index (χ3v) is 3.37. The second-order valence-electron chi connectivity index (χ2n) is 4.15. The van der Waals surface area contributed by atoms with Gasteiger partial charge in [0.2, 0.25) is 5.75 Å². The number of ether oxygens (including phenoxy) is 1. The van der Waals surface area contributed by atoms with Gasteiger partial charge in [0.25, 0.3) is 0 Å². The molecule has 0 aliphatic rings. The van der Waals surface area contributed by atoms with Gasteiger partial charge in [-0.1, -0.05) is 12.1 Å². The van der Waals surface area contributed by atoms with Crippen molar-refractivity contribution >= 4 is 28.3 Å². The maximum absolute atomic E-state index is 11.0. The highest BCUT2D eigenvalue weighted by Crippen LogP contribution is 2.32. The molecule has 2 aromatic carbocycles. The van der Waals surface area contributed by atoms with Crippen molar-refractivity contribution in [2.24, 2.45) is 5.73 Å². The topological polar surface area (TPSA) is 78.4 Å². The van der Waals surface area contributed by atoms with Gasteiger partial charge in [-0.3, -0.25) is 10.1 Å². The Morgan fingerprint density at radius 1 is 1.20 bits per heavy atom. The molecular weight excluding hydrogens is 371 g/mol. The molecule has 0 fully saturated rings. The zero-order valence-electron chi connectivity index (χ0n) is 10.6. The van der Waals surface area contributed by atoms with Gasteiger partial charge >= 0.3 is 5.69 Å². The van der Waals surface area contributed by atoms with Crippen molar-refractivity contribution < 1.29 is 9.66 Å². The normalized spacial score (nSPS) is 10.3. The summed E-state index contributed by atoms with van der Waals surface area (Å²) < 4.78 is 6.37. The van der Waals surface area contributed by atoms with Crippen molar-refractivity contribution in [3.05, 3.63) is 61.7 Å². The summed E-state index contributed by atoms with van der Waals surface area (Å²) in [7, 11) is 0. The van der Waals surface area contributed by atoms with Crippen LogP contribution in [0.25, 0.3) is 0 Å². The Labute approximate surface area is 130 Å². The molecule has 0 aromatic heterocycles. The Bertz CT molecular complexity index is 614. The van der Waals surface area contributed by atoms with E-state index in [0.717, 1.165) is 15.6 Å². The van der Waals surface area contributed by atoms with Gasteiger partial charge in [0.1, 0.15) is 5.75 Å². The molecule has 0 heterocycles. The standard InChI is InChI=1S/C14H13IN2O3/c15-11-3-6-14(13(9-11)17(18)19)20-12-4-1-10(2-5-12)7-8-16/h1-6,9H,7-8,16H2. The fourth-order valence-electron chi connectivity index (χ4n) is 1.74. The molecule has 0 spiro atoms. The quantitative estimate of drug-likeness (QED) is 0.486. The molecule has 0 unspecified atom stereocenters. The van der Waals surface area contributed by atoms with E-state index in [1.165, 1.54) is 6.07 Å². The first-order chi connectivity index (χ1) is 9.60. The summed E-state index contributed by atoms with van der Waals surface area (Å²) in [5.41, 5.74) is 6.55. The minimum atomic E-state index is -0.444. The van der Waals surface area contributed by atoms with Crippen LogP contribution < -0.4 is 10.5 Å². The van der Waals surface area contributed by atoms with Gasteiger partial charge in [0.15, 0.2) is 0 Å². The molecule has 2 N–H and O–H groups in total. The number of benzene rings is 2. The molecule has 0 bridgehead atoms. The van der Waals surface area contributed by atoms with Crippen LogP contribution in [0.2, 0.25) is 0 Å². The van der Waals surface area contributed by atoms with Crippen LogP contribution in [0.4, 0.5) is 5.69 Å². The monoisotopic (exact) mass is 384 g/mol. The van der Waals surface area contributed by atoms with E-state index < -0.39 is 4.92 Å². The van der Waals surface area contributed by atoms with Crippen LogP contribution in [-0.4, -0.2) is 11.5 Å². The molecule has 104 valence electrons. The minimum absolute atomic E-state index is 0.0389. The van der Waals surface area contributed by atoms with E-state index >= 15 is 0 Å². The van der Waals surface area contributed by atoms with Gasteiger partial charge in [0, 0.05) is 9.64 Å². The average Bonchev–Trinajstić information content (AvgIpc) is 2.43. The lowest BCUT2D eigenvalue weighted by molar-refractivity contribution is -0.385. The summed E-state index contributed by atoms with van der Waals surface area (Å²) in [6.45, 7) is 0.586. The summed E-state index contributed by atoms with van der Waals surface area (Å²) in [6.07, 6.45) is 0.796. The van der Waals surface area contributed by atoms with Gasteiger partial charge in [0.05, 0.1) is 4.92 Å². The molecule has 0 amide bonds. The Morgan fingerprint density at radius 2 is 1.90 bits per heavy atom. The summed E-state index contributed by atoms with van der Waals surface area (Å²) >= 11 is 2.03. The number of nitrogens with zero attached hydrogens (tertiary/aromatic N) is 1. The zero-order valence-corrected chi connectivity index (χ0v) is 12.7. The van der Waals surface area contributed by atoms with Gasteiger partial charge in [-0.15, -0.1) is 0 Å². The molecule has 0 atom stereocenters. The molecule has 5 nitrogen and oxygen atoms in total. The van der Waals surface area contributed by atoms with Crippen molar-refractivity contribution in [1.82, 2.24) is 0 Å². The second kappa shape index (κ2) is 6.67. The predicted molar refractivity (Wildman–Crippen MR) is 85.1 cm³/mol. The molecule has 0 aliphatic carbocycles. The largest absolute Gasteiger partial charge is 0.450 e. The van der Waals surface area contributed by atoms with E-state index in [-0.39, 0.29) is 11.4 Å². The highest BCUT2D eigenvalue weighted by Gasteiger charge is 2.16. The van der Waals surface area contributed by atoms with E-state index in [2.05, 4.69) is 0 Å². The lowest BCUT2D eigenvalue weighted by Crippen LogP contribution is -2.02. The molecular formula is C14H13IN2O3. The van der Waals surface area contributed by atoms with Crippen LogP contribution in [0.1, 0.15) is 5.56 Å². The number of hydrogen-bond acceptors (Lipinski definition) is 4. The fourth-order valence-corrected chi connectivity index (χ4v) is 2.21. The Balaban J connectivity index is 2.23. The predicted octanol–water partition coefficient (Wildman–Crippen LogP) is 3.49. The lowest BCUT2D eigenvalue weighted by Gasteiger charge is -2.07. The lowest BCUT2D eigenvalue weighted by atomic mass is 10.1. The third kappa shape index (κ3) is 3.67. The van der Waals surface area contributed by atoms with Crippen LogP contribution in [0.15, 0.2) is 42.5 Å². The molecule has 0 aliphatic heterocycles. The van der Waals surface area contributed by atoms with Crippen LogP contribution >= 0.6 is 22.6 Å². The molecule has 0 saturated heterocycles. The second-order valence-corrected chi connectivity index (χ2v) is 5.40. The SMILES string of the molecule is NCCc1ccc(Oc2ccc(I)cc2[N+](=O)[O-])cc1. The van der Waals surface area contributed by atoms with Crippen molar-refractivity contribution in [1.29, 1.82) is 0 Å². The number of hydrogen-bond donors (Lipinski definition) is 1. The zero-order chi connectivity index (χ0) is 14.5. The summed E-state index contributed by atoms with van der Waals surface area (Å²) in [4.78, 5) is 10.6. The molecule has 0 radical (unpaired) electrons. The van der Waals surface area contributed by atoms with Crippen LogP contribution in [0.5, 0.6) is 11.5 Å². The minimum Gasteiger partial charge on any atom is -0.450 e. The number of nitrogens with two attached hydrogens (primary N) is 1. The number of nitro groups is 1. The number of rotatable bonds is 5. The molecule has 20 heavy (non-hydrogen) atoms. The third-order valence-electron chi connectivity index (χ3n) is 2.70. The Hall–Kier alpha value is -1.67. The summed E-state index contributed by atoms with van der Waals surface area (Å²) in [5.74, 6) is 0.803. The number of halogens is 1. The summed E-state index contributed by atoms with van der Waals surface area (Å²) in [6, 6.07) is 12.2. The van der Waals surface area contributed by atoms with Crippen molar-refractivity contribution in [2.45, 2.75) is 6.42 Å². The van der Waals surface area contributed by atoms with Crippen molar-refractivity contribution in [3.8, 4) is 11.5 Å². The van der Waals surface area contributed by atoms with E-state index in [1.807, 2.05) is 34.7 Å². The van der Waals surface area contributed by atoms with Crippen LogP contribution in [0, 0.1) is 13.7 Å². The highest BCUT2D eigenvalue weighted by molar-refractivity contribution is 14.1. The maximum atomic E-state index is 11.0. The first kappa shape index (κ1) is 14.7. The van der Waals surface area contributed by atoms with Crippen LogP contribution in [-0.2, 0) is 6.42 Å². The van der Waals surface area contributed by atoms with Crippen molar-refractivity contribution in [2.75, 3.05) is 6.54 Å². The first-order valence-electron chi connectivity index (χ1n) is 6.01. The van der Waals surface area contributed by atoms with Crippen molar-refractivity contribution in [3.63, 3.8) is 0 Å². The average molecular weight is 384 g/mol. The maximum Gasteiger partial charge on any atom is 0.312 e. The van der Waals surface area contributed by atoms with Crippen LogP contribution in [0.3, 0.4) is 0 Å². The van der Waals surface area contributed by atoms with E-state index in [4.69, 9.17) is 10.5 Å².